The van der Waals surface area contributed by atoms with E-state index in [1.807, 2.05) is 74.5 Å². The van der Waals surface area contributed by atoms with Gasteiger partial charge in [-0.2, -0.15) is 0 Å². The quantitative estimate of drug-likeness (QED) is 0.493. The topological polar surface area (TPSA) is 59.8 Å². The highest BCUT2D eigenvalue weighted by atomic mass is 35.5. The number of benzene rings is 3. The minimum Gasteiger partial charge on any atom is -0.319 e. The highest BCUT2D eigenvalue weighted by Crippen LogP contribution is 2.24. The number of halogens is 1. The smallest absolute Gasteiger partial charge is 0.295 e. The maximum atomic E-state index is 12.8. The van der Waals surface area contributed by atoms with E-state index < -0.39 is 0 Å². The summed E-state index contributed by atoms with van der Waals surface area (Å²) in [6, 6.07) is 22.8. The molecule has 29 heavy (non-hydrogen) atoms. The summed E-state index contributed by atoms with van der Waals surface area (Å²) in [5, 5.41) is 7.93. The lowest BCUT2D eigenvalue weighted by molar-refractivity contribution is 0.101. The van der Waals surface area contributed by atoms with Gasteiger partial charge in [0.2, 0.25) is 5.82 Å². The third kappa shape index (κ3) is 4.20. The van der Waals surface area contributed by atoms with Crippen LogP contribution in [0.15, 0.2) is 72.8 Å². The summed E-state index contributed by atoms with van der Waals surface area (Å²) in [5.41, 5.74) is 4.49. The zero-order chi connectivity index (χ0) is 20.4. The molecule has 0 radical (unpaired) electrons. The number of nitrogens with zero attached hydrogens (tertiary/aromatic N) is 3. The molecular formula is C23H19ClN4O. The number of hydrogen-bond donors (Lipinski definition) is 1. The first-order valence-corrected chi connectivity index (χ1v) is 9.55. The van der Waals surface area contributed by atoms with Crippen molar-refractivity contribution < 1.29 is 4.79 Å². The number of carbonyl (C=O) groups excluding carboxylic acids is 1. The van der Waals surface area contributed by atoms with Gasteiger partial charge in [-0.15, -0.1) is 5.10 Å². The molecule has 0 aliphatic heterocycles. The fourth-order valence-electron chi connectivity index (χ4n) is 2.99. The van der Waals surface area contributed by atoms with Gasteiger partial charge in [0.05, 0.1) is 5.69 Å². The van der Waals surface area contributed by atoms with Crippen LogP contribution in [0.25, 0.3) is 17.1 Å². The van der Waals surface area contributed by atoms with Crippen molar-refractivity contribution >= 4 is 23.2 Å². The standard InChI is InChI=1S/C23H19ClN4O/c1-15-9-11-19(12-10-15)25-23(29)21-26-22(17-6-4-7-18(24)14-17)28(27-21)20-8-3-5-16(2)13-20/h3-14H,1-2H3,(H,25,29). The number of carbonyl (C=O) groups is 1. The van der Waals surface area contributed by atoms with Crippen molar-refractivity contribution in [2.24, 2.45) is 0 Å². The minimum atomic E-state index is -0.372. The van der Waals surface area contributed by atoms with Crippen molar-refractivity contribution in [3.05, 3.63) is 94.8 Å². The van der Waals surface area contributed by atoms with Gasteiger partial charge >= 0.3 is 0 Å². The number of aromatic nitrogens is 3. The summed E-state index contributed by atoms with van der Waals surface area (Å²) < 4.78 is 1.67. The molecule has 0 aliphatic rings. The fraction of sp³-hybridized carbons (Fsp3) is 0.0870. The Balaban J connectivity index is 1.76. The Bertz CT molecular complexity index is 1120. The molecule has 1 N–H and O–H groups in total. The molecule has 0 saturated carbocycles. The predicted molar refractivity (Wildman–Crippen MR) is 116 cm³/mol. The summed E-state index contributed by atoms with van der Waals surface area (Å²) in [5.74, 6) is 0.262. The van der Waals surface area contributed by atoms with Crippen LogP contribution in [-0.2, 0) is 0 Å². The lowest BCUT2D eigenvalue weighted by Gasteiger charge is -2.07. The van der Waals surface area contributed by atoms with Crippen LogP contribution in [0, 0.1) is 13.8 Å². The lowest BCUT2D eigenvalue weighted by Crippen LogP contribution is -2.14. The molecule has 0 spiro atoms. The van der Waals surface area contributed by atoms with Gasteiger partial charge in [0.1, 0.15) is 0 Å². The van der Waals surface area contributed by atoms with Gasteiger partial charge in [-0.1, -0.05) is 53.6 Å². The molecule has 0 atom stereocenters. The van der Waals surface area contributed by atoms with Gasteiger partial charge in [-0.25, -0.2) is 9.67 Å². The number of rotatable bonds is 4. The van der Waals surface area contributed by atoms with E-state index in [9.17, 15) is 4.79 Å². The zero-order valence-corrected chi connectivity index (χ0v) is 16.8. The molecule has 4 rings (SSSR count). The highest BCUT2D eigenvalue weighted by molar-refractivity contribution is 6.30. The SMILES string of the molecule is Cc1ccc(NC(=O)c2nc(-c3cccc(Cl)c3)n(-c3cccc(C)c3)n2)cc1. The third-order valence-corrected chi connectivity index (χ3v) is 4.68. The average molecular weight is 403 g/mol. The van der Waals surface area contributed by atoms with Gasteiger partial charge < -0.3 is 5.32 Å². The number of anilines is 1. The van der Waals surface area contributed by atoms with Gasteiger partial charge in [0.25, 0.3) is 5.91 Å². The van der Waals surface area contributed by atoms with Crippen molar-refractivity contribution in [3.63, 3.8) is 0 Å². The van der Waals surface area contributed by atoms with E-state index in [0.29, 0.717) is 16.5 Å². The van der Waals surface area contributed by atoms with Crippen molar-refractivity contribution in [2.75, 3.05) is 5.32 Å². The van der Waals surface area contributed by atoms with Crippen LogP contribution in [0.5, 0.6) is 0 Å². The van der Waals surface area contributed by atoms with Crippen LogP contribution in [0.4, 0.5) is 5.69 Å². The molecule has 144 valence electrons. The molecule has 4 aromatic rings. The van der Waals surface area contributed by atoms with Gasteiger partial charge in [0.15, 0.2) is 5.82 Å². The second kappa shape index (κ2) is 7.89. The Morgan fingerprint density at radius 1 is 0.931 bits per heavy atom. The molecular weight excluding hydrogens is 384 g/mol. The lowest BCUT2D eigenvalue weighted by atomic mass is 10.2. The van der Waals surface area contributed by atoms with E-state index in [1.165, 1.54) is 0 Å². The van der Waals surface area contributed by atoms with Crippen molar-refractivity contribution in [2.45, 2.75) is 13.8 Å². The van der Waals surface area contributed by atoms with E-state index >= 15 is 0 Å². The molecule has 0 bridgehead atoms. The van der Waals surface area contributed by atoms with Crippen LogP contribution >= 0.6 is 11.6 Å². The maximum absolute atomic E-state index is 12.8. The molecule has 0 aliphatic carbocycles. The maximum Gasteiger partial charge on any atom is 0.295 e. The fourth-order valence-corrected chi connectivity index (χ4v) is 3.18. The summed E-state index contributed by atoms with van der Waals surface area (Å²) >= 11 is 6.17. The first kappa shape index (κ1) is 18.9. The molecule has 6 heteroatoms. The second-order valence-corrected chi connectivity index (χ2v) is 7.28. The number of hydrogen-bond acceptors (Lipinski definition) is 3. The van der Waals surface area contributed by atoms with Crippen LogP contribution in [-0.4, -0.2) is 20.7 Å². The molecule has 1 amide bonds. The summed E-state index contributed by atoms with van der Waals surface area (Å²) in [7, 11) is 0. The van der Waals surface area contributed by atoms with Gasteiger partial charge in [-0.05, 0) is 55.8 Å². The summed E-state index contributed by atoms with van der Waals surface area (Å²) in [6.45, 7) is 4.00. The first-order chi connectivity index (χ1) is 14.0. The van der Waals surface area contributed by atoms with Crippen molar-refractivity contribution in [1.29, 1.82) is 0 Å². The molecule has 5 nitrogen and oxygen atoms in total. The summed E-state index contributed by atoms with van der Waals surface area (Å²) in [6.07, 6.45) is 0. The van der Waals surface area contributed by atoms with Crippen molar-refractivity contribution in [1.82, 2.24) is 14.8 Å². The molecule has 0 saturated heterocycles. The molecule has 0 fully saturated rings. The summed E-state index contributed by atoms with van der Waals surface area (Å²) in [4.78, 5) is 17.3. The Morgan fingerprint density at radius 3 is 2.41 bits per heavy atom. The average Bonchev–Trinajstić information content (AvgIpc) is 3.15. The van der Waals surface area contributed by atoms with Crippen LogP contribution in [0.3, 0.4) is 0 Å². The van der Waals surface area contributed by atoms with Gasteiger partial charge in [-0.3, -0.25) is 4.79 Å². The monoisotopic (exact) mass is 402 g/mol. The van der Waals surface area contributed by atoms with E-state index in [1.54, 1.807) is 16.8 Å². The highest BCUT2D eigenvalue weighted by Gasteiger charge is 2.19. The minimum absolute atomic E-state index is 0.0852. The Morgan fingerprint density at radius 2 is 1.69 bits per heavy atom. The van der Waals surface area contributed by atoms with E-state index in [0.717, 1.165) is 22.4 Å². The molecule has 1 aromatic heterocycles. The Labute approximate surface area is 174 Å². The predicted octanol–water partition coefficient (Wildman–Crippen LogP) is 5.46. The van der Waals surface area contributed by atoms with Crippen LogP contribution in [0.2, 0.25) is 5.02 Å². The normalized spacial score (nSPS) is 10.7. The molecule has 1 heterocycles. The second-order valence-electron chi connectivity index (χ2n) is 6.84. The van der Waals surface area contributed by atoms with E-state index in [4.69, 9.17) is 11.6 Å². The van der Waals surface area contributed by atoms with E-state index in [2.05, 4.69) is 15.4 Å². The van der Waals surface area contributed by atoms with Gasteiger partial charge in [0, 0.05) is 16.3 Å². The first-order valence-electron chi connectivity index (χ1n) is 9.18. The molecule has 3 aromatic carbocycles. The number of aryl methyl sites for hydroxylation is 2. The molecule has 0 unspecified atom stereocenters. The number of nitrogens with one attached hydrogen (secondary N) is 1. The van der Waals surface area contributed by atoms with E-state index in [-0.39, 0.29) is 11.7 Å². The largest absolute Gasteiger partial charge is 0.319 e. The Hall–Kier alpha value is -3.44. The zero-order valence-electron chi connectivity index (χ0n) is 16.1. The van der Waals surface area contributed by atoms with Crippen LogP contribution in [0.1, 0.15) is 21.7 Å². The Kier molecular flexibility index (Phi) is 5.14. The van der Waals surface area contributed by atoms with Crippen molar-refractivity contribution in [3.8, 4) is 17.1 Å². The third-order valence-electron chi connectivity index (χ3n) is 4.45. The van der Waals surface area contributed by atoms with Crippen LogP contribution < -0.4 is 5.32 Å². The number of amides is 1.